The molecule has 4 nitrogen and oxygen atoms in total. The molecule has 0 aliphatic rings. The van der Waals surface area contributed by atoms with Gasteiger partial charge in [0.15, 0.2) is 0 Å². The van der Waals surface area contributed by atoms with E-state index in [1.165, 1.54) is 12.1 Å². The molecule has 0 saturated heterocycles. The van der Waals surface area contributed by atoms with Crippen LogP contribution in [0.15, 0.2) is 18.2 Å². The molecule has 1 rings (SSSR count). The number of hydrogen-bond donors (Lipinski definition) is 1. The second-order valence-corrected chi connectivity index (χ2v) is 4.89. The number of benzene rings is 1. The SMILES string of the molecule is Cc1cc(C(=O)O)cc(C(=O)OC(C)(C)C)c1. The molecule has 0 aliphatic heterocycles. The van der Waals surface area contributed by atoms with Gasteiger partial charge in [-0.2, -0.15) is 0 Å². The molecule has 0 bridgehead atoms. The Hall–Kier alpha value is -1.84. The Kier molecular flexibility index (Phi) is 3.56. The summed E-state index contributed by atoms with van der Waals surface area (Å²) >= 11 is 0. The fraction of sp³-hybridized carbons (Fsp3) is 0.385. The molecule has 4 heteroatoms. The van der Waals surface area contributed by atoms with Crippen molar-refractivity contribution < 1.29 is 19.4 Å². The summed E-state index contributed by atoms with van der Waals surface area (Å²) in [7, 11) is 0. The van der Waals surface area contributed by atoms with Crippen molar-refractivity contribution in [2.45, 2.75) is 33.3 Å². The second-order valence-electron chi connectivity index (χ2n) is 4.89. The van der Waals surface area contributed by atoms with Crippen molar-refractivity contribution in [3.05, 3.63) is 34.9 Å². The van der Waals surface area contributed by atoms with Gasteiger partial charge in [-0.1, -0.05) is 0 Å². The van der Waals surface area contributed by atoms with E-state index in [1.807, 2.05) is 0 Å². The summed E-state index contributed by atoms with van der Waals surface area (Å²) in [6.07, 6.45) is 0. The highest BCUT2D eigenvalue weighted by molar-refractivity contribution is 5.95. The first kappa shape index (κ1) is 13.2. The minimum atomic E-state index is -1.06. The third-order valence-electron chi connectivity index (χ3n) is 1.96. The first-order chi connectivity index (χ1) is 7.69. The topological polar surface area (TPSA) is 63.6 Å². The van der Waals surface area contributed by atoms with Crippen LogP contribution < -0.4 is 0 Å². The summed E-state index contributed by atoms with van der Waals surface area (Å²) in [4.78, 5) is 22.6. The lowest BCUT2D eigenvalue weighted by Crippen LogP contribution is -2.24. The Morgan fingerprint density at radius 2 is 1.65 bits per heavy atom. The number of carbonyl (C=O) groups is 2. The van der Waals surface area contributed by atoms with Crippen LogP contribution in [0.25, 0.3) is 0 Å². The fourth-order valence-electron chi connectivity index (χ4n) is 1.36. The van der Waals surface area contributed by atoms with Gasteiger partial charge in [-0.25, -0.2) is 9.59 Å². The van der Waals surface area contributed by atoms with Gasteiger partial charge in [0, 0.05) is 0 Å². The standard InChI is InChI=1S/C13H16O4/c1-8-5-9(11(14)15)7-10(6-8)12(16)17-13(2,3)4/h5-7H,1-4H3,(H,14,15). The zero-order chi connectivity index (χ0) is 13.2. The van der Waals surface area contributed by atoms with Crippen molar-refractivity contribution in [1.82, 2.24) is 0 Å². The van der Waals surface area contributed by atoms with Crippen LogP contribution >= 0.6 is 0 Å². The van der Waals surface area contributed by atoms with Gasteiger partial charge in [-0.15, -0.1) is 0 Å². The van der Waals surface area contributed by atoms with Gasteiger partial charge < -0.3 is 9.84 Å². The maximum Gasteiger partial charge on any atom is 0.338 e. The Balaban J connectivity index is 3.06. The van der Waals surface area contributed by atoms with Crippen LogP contribution in [0.3, 0.4) is 0 Å². The molecular weight excluding hydrogens is 220 g/mol. The highest BCUT2D eigenvalue weighted by Gasteiger charge is 2.19. The number of aryl methyl sites for hydroxylation is 1. The van der Waals surface area contributed by atoms with E-state index in [0.717, 1.165) is 0 Å². The van der Waals surface area contributed by atoms with Crippen LogP contribution in [0.4, 0.5) is 0 Å². The van der Waals surface area contributed by atoms with Crippen molar-refractivity contribution in [2.24, 2.45) is 0 Å². The Morgan fingerprint density at radius 1 is 1.12 bits per heavy atom. The fourth-order valence-corrected chi connectivity index (χ4v) is 1.36. The van der Waals surface area contributed by atoms with Crippen LogP contribution in [0.5, 0.6) is 0 Å². The number of carbonyl (C=O) groups excluding carboxylic acids is 1. The van der Waals surface area contributed by atoms with Crippen molar-refractivity contribution in [1.29, 1.82) is 0 Å². The largest absolute Gasteiger partial charge is 0.478 e. The second kappa shape index (κ2) is 4.57. The van der Waals surface area contributed by atoms with Gasteiger partial charge in [0.05, 0.1) is 11.1 Å². The third kappa shape index (κ3) is 3.90. The Bertz CT molecular complexity index is 455. The maximum atomic E-state index is 11.8. The number of aromatic carboxylic acids is 1. The predicted octanol–water partition coefficient (Wildman–Crippen LogP) is 2.65. The number of ether oxygens (including phenoxy) is 1. The average Bonchev–Trinajstić information content (AvgIpc) is 2.13. The molecule has 0 radical (unpaired) electrons. The summed E-state index contributed by atoms with van der Waals surface area (Å²) in [5, 5.41) is 8.90. The monoisotopic (exact) mass is 236 g/mol. The number of rotatable bonds is 2. The highest BCUT2D eigenvalue weighted by atomic mass is 16.6. The van der Waals surface area contributed by atoms with E-state index in [0.29, 0.717) is 5.56 Å². The Morgan fingerprint density at radius 3 is 2.12 bits per heavy atom. The number of hydrogen-bond acceptors (Lipinski definition) is 3. The number of carboxylic acids is 1. The van der Waals surface area contributed by atoms with E-state index >= 15 is 0 Å². The van der Waals surface area contributed by atoms with Gasteiger partial charge in [0.1, 0.15) is 5.60 Å². The molecule has 0 atom stereocenters. The molecule has 0 spiro atoms. The minimum Gasteiger partial charge on any atom is -0.478 e. The zero-order valence-electron chi connectivity index (χ0n) is 10.4. The van der Waals surface area contributed by atoms with E-state index < -0.39 is 17.5 Å². The molecule has 0 fully saturated rings. The van der Waals surface area contributed by atoms with E-state index in [2.05, 4.69) is 0 Å². The molecule has 0 amide bonds. The predicted molar refractivity (Wildman–Crippen MR) is 63.3 cm³/mol. The first-order valence-corrected chi connectivity index (χ1v) is 5.27. The maximum absolute atomic E-state index is 11.8. The van der Waals surface area contributed by atoms with E-state index in [9.17, 15) is 9.59 Å². The van der Waals surface area contributed by atoms with Crippen LogP contribution in [-0.4, -0.2) is 22.6 Å². The molecule has 0 saturated carbocycles. The van der Waals surface area contributed by atoms with Crippen molar-refractivity contribution >= 4 is 11.9 Å². The summed E-state index contributed by atoms with van der Waals surface area (Å²) in [6, 6.07) is 4.44. The highest BCUT2D eigenvalue weighted by Crippen LogP contribution is 2.15. The summed E-state index contributed by atoms with van der Waals surface area (Å²) in [6.45, 7) is 7.02. The smallest absolute Gasteiger partial charge is 0.338 e. The molecule has 92 valence electrons. The normalized spacial score (nSPS) is 11.1. The zero-order valence-corrected chi connectivity index (χ0v) is 10.4. The lowest BCUT2D eigenvalue weighted by molar-refractivity contribution is 0.00694. The van der Waals surface area contributed by atoms with E-state index in [4.69, 9.17) is 9.84 Å². The Labute approximate surface area is 100 Å². The molecule has 0 aromatic heterocycles. The molecule has 0 unspecified atom stereocenters. The lowest BCUT2D eigenvalue weighted by Gasteiger charge is -2.19. The van der Waals surface area contributed by atoms with E-state index in [1.54, 1.807) is 33.8 Å². The quantitative estimate of drug-likeness (QED) is 0.802. The molecule has 1 N–H and O–H groups in total. The first-order valence-electron chi connectivity index (χ1n) is 5.27. The molecular formula is C13H16O4. The molecule has 17 heavy (non-hydrogen) atoms. The molecule has 1 aromatic carbocycles. The number of carboxylic acid groups (broad SMARTS) is 1. The van der Waals surface area contributed by atoms with Crippen LogP contribution in [0.2, 0.25) is 0 Å². The molecule has 0 aliphatic carbocycles. The summed E-state index contributed by atoms with van der Waals surface area (Å²) in [5.41, 5.74) is 0.471. The minimum absolute atomic E-state index is 0.0888. The molecule has 1 aromatic rings. The molecule has 0 heterocycles. The number of esters is 1. The summed E-state index contributed by atoms with van der Waals surface area (Å²) < 4.78 is 5.18. The lowest BCUT2D eigenvalue weighted by atomic mass is 10.1. The van der Waals surface area contributed by atoms with Gasteiger partial charge in [-0.3, -0.25) is 0 Å². The van der Waals surface area contributed by atoms with Gasteiger partial charge in [-0.05, 0) is 51.5 Å². The summed E-state index contributed by atoms with van der Waals surface area (Å²) in [5.74, 6) is -1.57. The average molecular weight is 236 g/mol. The van der Waals surface area contributed by atoms with E-state index in [-0.39, 0.29) is 11.1 Å². The van der Waals surface area contributed by atoms with Gasteiger partial charge >= 0.3 is 11.9 Å². The van der Waals surface area contributed by atoms with Gasteiger partial charge in [0.2, 0.25) is 0 Å². The van der Waals surface area contributed by atoms with Crippen molar-refractivity contribution in [3.63, 3.8) is 0 Å². The van der Waals surface area contributed by atoms with Crippen LogP contribution in [0.1, 0.15) is 47.1 Å². The van der Waals surface area contributed by atoms with Gasteiger partial charge in [0.25, 0.3) is 0 Å². The van der Waals surface area contributed by atoms with Crippen LogP contribution in [-0.2, 0) is 4.74 Å². The van der Waals surface area contributed by atoms with Crippen molar-refractivity contribution in [3.8, 4) is 0 Å². The third-order valence-corrected chi connectivity index (χ3v) is 1.96. The van der Waals surface area contributed by atoms with Crippen molar-refractivity contribution in [2.75, 3.05) is 0 Å². The van der Waals surface area contributed by atoms with Crippen LogP contribution in [0, 0.1) is 6.92 Å².